The van der Waals surface area contributed by atoms with Crippen LogP contribution in [0.15, 0.2) is 97.1 Å². The van der Waals surface area contributed by atoms with E-state index in [-0.39, 0.29) is 0 Å². The van der Waals surface area contributed by atoms with Crippen LogP contribution < -0.4 is 9.64 Å². The van der Waals surface area contributed by atoms with Crippen molar-refractivity contribution >= 4 is 17.1 Å². The first-order valence-electron chi connectivity index (χ1n) is 13.1. The smallest absolute Gasteiger partial charge is 0.119 e. The van der Waals surface area contributed by atoms with Crippen molar-refractivity contribution in [2.24, 2.45) is 0 Å². The predicted octanol–water partition coefficient (Wildman–Crippen LogP) is 8.30. The molecule has 0 bridgehead atoms. The molecule has 0 radical (unpaired) electrons. The van der Waals surface area contributed by atoms with Gasteiger partial charge in [0.15, 0.2) is 0 Å². The van der Waals surface area contributed by atoms with E-state index in [0.29, 0.717) is 0 Å². The van der Waals surface area contributed by atoms with Crippen LogP contribution in [-0.4, -0.2) is 31.1 Å². The van der Waals surface area contributed by atoms with Crippen LogP contribution in [0.3, 0.4) is 0 Å². The first kappa shape index (κ1) is 24.1. The van der Waals surface area contributed by atoms with E-state index in [0.717, 1.165) is 42.4 Å². The van der Waals surface area contributed by atoms with Crippen molar-refractivity contribution in [1.29, 1.82) is 0 Å². The maximum Gasteiger partial charge on any atom is 0.119 e. The molecule has 4 aromatic rings. The van der Waals surface area contributed by atoms with Crippen molar-refractivity contribution in [3.05, 3.63) is 108 Å². The third kappa shape index (κ3) is 5.98. The van der Waals surface area contributed by atoms with E-state index >= 15 is 0 Å². The second-order valence-electron chi connectivity index (χ2n) is 9.83. The van der Waals surface area contributed by atoms with Crippen molar-refractivity contribution in [2.75, 3.05) is 31.1 Å². The second kappa shape index (κ2) is 11.5. The first-order valence-corrected chi connectivity index (χ1v) is 13.1. The number of likely N-dealkylation sites (tertiary alicyclic amines) is 1. The average Bonchev–Trinajstić information content (AvgIpc) is 3.44. The van der Waals surface area contributed by atoms with E-state index in [4.69, 9.17) is 4.74 Å². The number of ether oxygens (including phenoxy) is 1. The Morgan fingerprint density at radius 2 is 1.06 bits per heavy atom. The summed E-state index contributed by atoms with van der Waals surface area (Å²) in [4.78, 5) is 4.84. The Hall–Kier alpha value is -3.56. The van der Waals surface area contributed by atoms with E-state index in [9.17, 15) is 0 Å². The molecule has 0 aromatic heterocycles. The lowest BCUT2D eigenvalue weighted by Crippen LogP contribution is -2.21. The summed E-state index contributed by atoms with van der Waals surface area (Å²) in [7, 11) is 0. The Morgan fingerprint density at radius 1 is 0.611 bits per heavy atom. The Kier molecular flexibility index (Phi) is 7.68. The molecule has 0 amide bonds. The number of aryl methyl sites for hydroxylation is 2. The maximum absolute atomic E-state index is 5.99. The monoisotopic (exact) mass is 476 g/mol. The lowest BCUT2D eigenvalue weighted by Gasteiger charge is -2.26. The van der Waals surface area contributed by atoms with E-state index in [1.54, 1.807) is 0 Å². The highest BCUT2D eigenvalue weighted by Gasteiger charge is 2.13. The standard InChI is InChI=1S/C33H36N2O/c1-26-6-14-30(15-7-26)35(31-16-8-27(2)9-17-31)32-18-10-28(11-19-32)29-12-20-33(21-13-29)36-25-5-24-34-22-3-4-23-34/h6-21H,3-5,22-25H2,1-2H3. The Balaban J connectivity index is 1.28. The van der Waals surface area contributed by atoms with Gasteiger partial charge >= 0.3 is 0 Å². The third-order valence-electron chi connectivity index (χ3n) is 6.98. The molecular weight excluding hydrogens is 440 g/mol. The van der Waals surface area contributed by atoms with Crippen LogP contribution >= 0.6 is 0 Å². The third-order valence-corrected chi connectivity index (χ3v) is 6.98. The quantitative estimate of drug-likeness (QED) is 0.226. The summed E-state index contributed by atoms with van der Waals surface area (Å²) in [6.45, 7) is 8.67. The SMILES string of the molecule is Cc1ccc(N(c2ccc(C)cc2)c2ccc(-c3ccc(OCCCN4CCCC4)cc3)cc2)cc1. The van der Waals surface area contributed by atoms with Gasteiger partial charge in [-0.1, -0.05) is 59.7 Å². The molecule has 1 aliphatic rings. The summed E-state index contributed by atoms with van der Waals surface area (Å²) in [5.41, 5.74) is 8.38. The Bertz CT molecular complexity index is 1180. The summed E-state index contributed by atoms with van der Waals surface area (Å²) in [5.74, 6) is 0.946. The maximum atomic E-state index is 5.99. The lowest BCUT2D eigenvalue weighted by atomic mass is 10.0. The van der Waals surface area contributed by atoms with Gasteiger partial charge in [-0.05, 0) is 106 Å². The molecule has 5 rings (SSSR count). The molecule has 3 nitrogen and oxygen atoms in total. The Labute approximate surface area is 216 Å². The van der Waals surface area contributed by atoms with Gasteiger partial charge in [0.25, 0.3) is 0 Å². The van der Waals surface area contributed by atoms with Gasteiger partial charge < -0.3 is 14.5 Å². The number of hydrogen-bond donors (Lipinski definition) is 0. The molecule has 3 heteroatoms. The fraction of sp³-hybridized carbons (Fsp3) is 0.273. The van der Waals surface area contributed by atoms with Gasteiger partial charge in [-0.25, -0.2) is 0 Å². The first-order chi connectivity index (χ1) is 17.7. The van der Waals surface area contributed by atoms with Crippen LogP contribution in [0.1, 0.15) is 30.4 Å². The van der Waals surface area contributed by atoms with Crippen molar-refractivity contribution < 1.29 is 4.74 Å². The number of anilines is 3. The van der Waals surface area contributed by atoms with Gasteiger partial charge in [0.1, 0.15) is 5.75 Å². The van der Waals surface area contributed by atoms with Crippen LogP contribution in [0.4, 0.5) is 17.1 Å². The highest BCUT2D eigenvalue weighted by molar-refractivity contribution is 5.78. The molecule has 1 heterocycles. The predicted molar refractivity (Wildman–Crippen MR) is 152 cm³/mol. The number of nitrogens with zero attached hydrogens (tertiary/aromatic N) is 2. The molecule has 4 aromatic carbocycles. The van der Waals surface area contributed by atoms with Crippen LogP contribution in [0.25, 0.3) is 11.1 Å². The Morgan fingerprint density at radius 3 is 1.56 bits per heavy atom. The van der Waals surface area contributed by atoms with Crippen molar-refractivity contribution in [3.8, 4) is 16.9 Å². The van der Waals surface area contributed by atoms with Crippen molar-refractivity contribution in [2.45, 2.75) is 33.1 Å². The summed E-state index contributed by atoms with van der Waals surface area (Å²) >= 11 is 0. The van der Waals surface area contributed by atoms with Crippen LogP contribution in [0.2, 0.25) is 0 Å². The van der Waals surface area contributed by atoms with E-state index < -0.39 is 0 Å². The zero-order valence-electron chi connectivity index (χ0n) is 21.5. The van der Waals surface area contributed by atoms with Gasteiger partial charge in [0.2, 0.25) is 0 Å². The topological polar surface area (TPSA) is 15.7 Å². The molecule has 0 saturated carbocycles. The average molecular weight is 477 g/mol. The molecule has 0 atom stereocenters. The number of benzene rings is 4. The van der Waals surface area contributed by atoms with E-state index in [1.165, 1.54) is 48.2 Å². The number of hydrogen-bond acceptors (Lipinski definition) is 3. The largest absolute Gasteiger partial charge is 0.494 e. The van der Waals surface area contributed by atoms with Gasteiger partial charge in [-0.3, -0.25) is 0 Å². The van der Waals surface area contributed by atoms with E-state index in [1.807, 2.05) is 0 Å². The van der Waals surface area contributed by atoms with Gasteiger partial charge in [0.05, 0.1) is 6.61 Å². The molecule has 1 fully saturated rings. The van der Waals surface area contributed by atoms with Gasteiger partial charge in [-0.2, -0.15) is 0 Å². The summed E-state index contributed by atoms with van der Waals surface area (Å²) in [6, 6.07) is 34.7. The van der Waals surface area contributed by atoms with Crippen LogP contribution in [0.5, 0.6) is 5.75 Å². The fourth-order valence-corrected chi connectivity index (χ4v) is 4.87. The number of rotatable bonds is 9. The fourth-order valence-electron chi connectivity index (χ4n) is 4.87. The van der Waals surface area contributed by atoms with Gasteiger partial charge in [0, 0.05) is 23.6 Å². The highest BCUT2D eigenvalue weighted by Crippen LogP contribution is 2.36. The zero-order valence-corrected chi connectivity index (χ0v) is 21.5. The summed E-state index contributed by atoms with van der Waals surface area (Å²) < 4.78 is 5.99. The molecule has 0 spiro atoms. The molecular formula is C33H36N2O. The van der Waals surface area contributed by atoms with Crippen LogP contribution in [0, 0.1) is 13.8 Å². The normalized spacial score (nSPS) is 13.6. The van der Waals surface area contributed by atoms with Crippen LogP contribution in [-0.2, 0) is 0 Å². The molecule has 1 saturated heterocycles. The molecule has 184 valence electrons. The molecule has 0 unspecified atom stereocenters. The second-order valence-corrected chi connectivity index (χ2v) is 9.83. The minimum atomic E-state index is 0.776. The highest BCUT2D eigenvalue weighted by atomic mass is 16.5. The molecule has 0 N–H and O–H groups in total. The van der Waals surface area contributed by atoms with Gasteiger partial charge in [-0.15, -0.1) is 0 Å². The minimum Gasteiger partial charge on any atom is -0.494 e. The molecule has 1 aliphatic heterocycles. The molecule has 36 heavy (non-hydrogen) atoms. The summed E-state index contributed by atoms with van der Waals surface area (Å²) in [6.07, 6.45) is 3.78. The summed E-state index contributed by atoms with van der Waals surface area (Å²) in [5, 5.41) is 0. The lowest BCUT2D eigenvalue weighted by molar-refractivity contribution is 0.263. The minimum absolute atomic E-state index is 0.776. The molecule has 0 aliphatic carbocycles. The van der Waals surface area contributed by atoms with Crippen molar-refractivity contribution in [3.63, 3.8) is 0 Å². The zero-order chi connectivity index (χ0) is 24.7. The van der Waals surface area contributed by atoms with E-state index in [2.05, 4.69) is 121 Å². The van der Waals surface area contributed by atoms with Crippen molar-refractivity contribution in [1.82, 2.24) is 4.90 Å².